The standard InChI is InChI=1S/C13H11ClN2O2S/c1-8(16-18)9-2-4-10(5-3-9)15-13(17)11-6-7-12(14)19-11/h2-7,18H,1H3,(H,15,17)/b16-8-. The van der Waals surface area contributed by atoms with Gasteiger partial charge in [0.25, 0.3) is 5.91 Å². The van der Waals surface area contributed by atoms with Crippen molar-refractivity contribution in [2.75, 3.05) is 5.32 Å². The highest BCUT2D eigenvalue weighted by Gasteiger charge is 2.09. The van der Waals surface area contributed by atoms with Crippen LogP contribution in [-0.4, -0.2) is 16.8 Å². The van der Waals surface area contributed by atoms with E-state index in [1.54, 1.807) is 43.3 Å². The van der Waals surface area contributed by atoms with Crippen molar-refractivity contribution in [1.82, 2.24) is 0 Å². The number of rotatable bonds is 3. The van der Waals surface area contributed by atoms with Crippen molar-refractivity contribution in [2.45, 2.75) is 6.92 Å². The molecule has 2 aromatic rings. The number of benzene rings is 1. The van der Waals surface area contributed by atoms with E-state index in [2.05, 4.69) is 10.5 Å². The SMILES string of the molecule is C/C(=N/O)c1ccc(NC(=O)c2ccc(Cl)s2)cc1. The summed E-state index contributed by atoms with van der Waals surface area (Å²) in [4.78, 5) is 12.4. The number of amides is 1. The van der Waals surface area contributed by atoms with Crippen molar-refractivity contribution in [3.05, 3.63) is 51.2 Å². The second-order valence-corrected chi connectivity index (χ2v) is 5.54. The third kappa shape index (κ3) is 3.33. The average Bonchev–Trinajstić information content (AvgIpc) is 2.85. The number of carbonyl (C=O) groups excluding carboxylic acids is 1. The lowest BCUT2D eigenvalue weighted by Crippen LogP contribution is -2.10. The largest absolute Gasteiger partial charge is 0.411 e. The Bertz CT molecular complexity index is 620. The third-order valence-electron chi connectivity index (χ3n) is 2.51. The van der Waals surface area contributed by atoms with E-state index in [9.17, 15) is 4.79 Å². The first kappa shape index (κ1) is 13.6. The number of anilines is 1. The number of halogens is 1. The van der Waals surface area contributed by atoms with Gasteiger partial charge in [0.2, 0.25) is 0 Å². The molecule has 0 fully saturated rings. The molecule has 0 aliphatic carbocycles. The highest BCUT2D eigenvalue weighted by Crippen LogP contribution is 2.22. The molecular formula is C13H11ClN2O2S. The van der Waals surface area contributed by atoms with Gasteiger partial charge in [-0.2, -0.15) is 0 Å². The van der Waals surface area contributed by atoms with Gasteiger partial charge in [0, 0.05) is 5.69 Å². The maximum atomic E-state index is 11.9. The first-order chi connectivity index (χ1) is 9.10. The van der Waals surface area contributed by atoms with E-state index in [4.69, 9.17) is 16.8 Å². The molecule has 0 atom stereocenters. The summed E-state index contributed by atoms with van der Waals surface area (Å²) in [6.45, 7) is 1.70. The number of hydrogen-bond acceptors (Lipinski definition) is 4. The van der Waals surface area contributed by atoms with Crippen LogP contribution in [0.2, 0.25) is 4.34 Å². The molecule has 1 aromatic carbocycles. The Hall–Kier alpha value is -1.85. The van der Waals surface area contributed by atoms with Gasteiger partial charge < -0.3 is 10.5 Å². The lowest BCUT2D eigenvalue weighted by atomic mass is 10.1. The van der Waals surface area contributed by atoms with Crippen LogP contribution in [0.25, 0.3) is 0 Å². The number of oxime groups is 1. The number of nitrogens with one attached hydrogen (secondary N) is 1. The summed E-state index contributed by atoms with van der Waals surface area (Å²) >= 11 is 7.01. The molecule has 19 heavy (non-hydrogen) atoms. The second-order valence-electron chi connectivity index (χ2n) is 3.82. The topological polar surface area (TPSA) is 61.7 Å². The first-order valence-corrected chi connectivity index (χ1v) is 6.65. The summed E-state index contributed by atoms with van der Waals surface area (Å²) in [5.74, 6) is -0.197. The summed E-state index contributed by atoms with van der Waals surface area (Å²) in [6.07, 6.45) is 0. The summed E-state index contributed by atoms with van der Waals surface area (Å²) in [5.41, 5.74) is 1.98. The van der Waals surface area contributed by atoms with Gasteiger partial charge in [-0.15, -0.1) is 11.3 Å². The van der Waals surface area contributed by atoms with Crippen LogP contribution in [0.15, 0.2) is 41.6 Å². The Labute approximate surface area is 119 Å². The van der Waals surface area contributed by atoms with Gasteiger partial charge in [-0.25, -0.2) is 0 Å². The van der Waals surface area contributed by atoms with Gasteiger partial charge in [0.05, 0.1) is 14.9 Å². The number of carbonyl (C=O) groups is 1. The van der Waals surface area contributed by atoms with E-state index in [0.717, 1.165) is 5.56 Å². The zero-order valence-corrected chi connectivity index (χ0v) is 11.6. The lowest BCUT2D eigenvalue weighted by molar-refractivity contribution is 0.103. The van der Waals surface area contributed by atoms with Crippen molar-refractivity contribution in [2.24, 2.45) is 5.16 Å². The maximum Gasteiger partial charge on any atom is 0.265 e. The molecule has 0 spiro atoms. The Morgan fingerprint density at radius 2 is 1.95 bits per heavy atom. The molecule has 0 aliphatic rings. The zero-order chi connectivity index (χ0) is 13.8. The highest BCUT2D eigenvalue weighted by atomic mass is 35.5. The van der Waals surface area contributed by atoms with Crippen LogP contribution < -0.4 is 5.32 Å². The number of nitrogens with zero attached hydrogens (tertiary/aromatic N) is 1. The van der Waals surface area contributed by atoms with E-state index in [1.807, 2.05) is 0 Å². The van der Waals surface area contributed by atoms with Gasteiger partial charge >= 0.3 is 0 Å². The summed E-state index contributed by atoms with van der Waals surface area (Å²) in [5, 5.41) is 14.5. The Morgan fingerprint density at radius 1 is 1.26 bits per heavy atom. The molecule has 2 rings (SSSR count). The molecule has 1 aromatic heterocycles. The van der Waals surface area contributed by atoms with E-state index in [0.29, 0.717) is 20.6 Å². The quantitative estimate of drug-likeness (QED) is 0.513. The monoisotopic (exact) mass is 294 g/mol. The molecule has 98 valence electrons. The fourth-order valence-electron chi connectivity index (χ4n) is 1.48. The van der Waals surface area contributed by atoms with Crippen LogP contribution >= 0.6 is 22.9 Å². The maximum absolute atomic E-state index is 11.9. The van der Waals surface area contributed by atoms with E-state index < -0.39 is 0 Å². The Kier molecular flexibility index (Phi) is 4.19. The molecule has 2 N–H and O–H groups in total. The molecule has 0 radical (unpaired) electrons. The lowest BCUT2D eigenvalue weighted by Gasteiger charge is -2.04. The van der Waals surface area contributed by atoms with Crippen molar-refractivity contribution in [3.63, 3.8) is 0 Å². The van der Waals surface area contributed by atoms with E-state index in [1.165, 1.54) is 11.3 Å². The molecule has 6 heteroatoms. The van der Waals surface area contributed by atoms with Crippen molar-refractivity contribution in [1.29, 1.82) is 0 Å². The van der Waals surface area contributed by atoms with Crippen molar-refractivity contribution in [3.8, 4) is 0 Å². The minimum Gasteiger partial charge on any atom is -0.411 e. The molecule has 4 nitrogen and oxygen atoms in total. The third-order valence-corrected chi connectivity index (χ3v) is 3.74. The predicted octanol–water partition coefficient (Wildman–Crippen LogP) is 3.85. The van der Waals surface area contributed by atoms with Gasteiger partial charge in [-0.05, 0) is 36.8 Å². The molecule has 0 aliphatic heterocycles. The summed E-state index contributed by atoms with van der Waals surface area (Å²) < 4.78 is 0.579. The van der Waals surface area contributed by atoms with Crippen LogP contribution in [0.5, 0.6) is 0 Å². The molecule has 0 unspecified atom stereocenters. The molecule has 1 heterocycles. The van der Waals surface area contributed by atoms with Gasteiger partial charge in [-0.3, -0.25) is 4.79 Å². The molecule has 0 bridgehead atoms. The smallest absolute Gasteiger partial charge is 0.265 e. The first-order valence-electron chi connectivity index (χ1n) is 5.46. The van der Waals surface area contributed by atoms with Crippen LogP contribution in [0.4, 0.5) is 5.69 Å². The van der Waals surface area contributed by atoms with Gasteiger partial charge in [0.15, 0.2) is 0 Å². The van der Waals surface area contributed by atoms with Crippen LogP contribution in [0.1, 0.15) is 22.2 Å². The average molecular weight is 295 g/mol. The fraction of sp³-hybridized carbons (Fsp3) is 0.0769. The minimum absolute atomic E-state index is 0.197. The molecule has 0 saturated heterocycles. The Morgan fingerprint density at radius 3 is 2.47 bits per heavy atom. The van der Waals surface area contributed by atoms with Gasteiger partial charge in [-0.1, -0.05) is 28.9 Å². The molecule has 0 saturated carbocycles. The zero-order valence-electron chi connectivity index (χ0n) is 10.1. The summed E-state index contributed by atoms with van der Waals surface area (Å²) in [6, 6.07) is 10.4. The highest BCUT2D eigenvalue weighted by molar-refractivity contribution is 7.18. The number of thiophene rings is 1. The number of hydrogen-bond donors (Lipinski definition) is 2. The minimum atomic E-state index is -0.197. The van der Waals surface area contributed by atoms with Crippen molar-refractivity contribution >= 4 is 40.2 Å². The predicted molar refractivity (Wildman–Crippen MR) is 77.7 cm³/mol. The van der Waals surface area contributed by atoms with E-state index in [-0.39, 0.29) is 5.91 Å². The van der Waals surface area contributed by atoms with Crippen LogP contribution in [-0.2, 0) is 0 Å². The normalized spacial score (nSPS) is 11.4. The van der Waals surface area contributed by atoms with Crippen LogP contribution in [0, 0.1) is 0 Å². The Balaban J connectivity index is 2.10. The van der Waals surface area contributed by atoms with Crippen LogP contribution in [0.3, 0.4) is 0 Å². The van der Waals surface area contributed by atoms with E-state index >= 15 is 0 Å². The molecular weight excluding hydrogens is 284 g/mol. The fourth-order valence-corrected chi connectivity index (χ4v) is 2.42. The molecule has 1 amide bonds. The second kappa shape index (κ2) is 5.86. The van der Waals surface area contributed by atoms with Crippen molar-refractivity contribution < 1.29 is 10.0 Å². The van der Waals surface area contributed by atoms with Gasteiger partial charge in [0.1, 0.15) is 0 Å². The summed E-state index contributed by atoms with van der Waals surface area (Å²) in [7, 11) is 0.